The molecule has 1 atom stereocenters. The highest BCUT2D eigenvalue weighted by atomic mass is 16.3. The van der Waals surface area contributed by atoms with E-state index in [0.717, 1.165) is 18.7 Å². The Balaban J connectivity index is 1.78. The Bertz CT molecular complexity index is 499. The molecule has 5 nitrogen and oxygen atoms in total. The highest BCUT2D eigenvalue weighted by molar-refractivity contribution is 5.74. The van der Waals surface area contributed by atoms with Crippen molar-refractivity contribution < 1.29 is 9.90 Å². The Morgan fingerprint density at radius 1 is 1.21 bits per heavy atom. The van der Waals surface area contributed by atoms with Crippen LogP contribution in [0.5, 0.6) is 0 Å². The molecule has 24 heavy (non-hydrogen) atoms. The third-order valence-electron chi connectivity index (χ3n) is 4.77. The number of benzene rings is 1. The van der Waals surface area contributed by atoms with Gasteiger partial charge in [0.2, 0.25) is 0 Å². The Labute approximate surface area is 145 Å². The minimum Gasteiger partial charge on any atom is -0.394 e. The summed E-state index contributed by atoms with van der Waals surface area (Å²) in [5, 5.41) is 15.4. The van der Waals surface area contributed by atoms with Crippen LogP contribution >= 0.6 is 0 Å². The number of carbonyl (C=O) groups is 1. The van der Waals surface area contributed by atoms with Gasteiger partial charge in [0.15, 0.2) is 0 Å². The third-order valence-corrected chi connectivity index (χ3v) is 4.77. The fourth-order valence-electron chi connectivity index (χ4n) is 3.20. The molecule has 0 spiro atoms. The van der Waals surface area contributed by atoms with Crippen LogP contribution in [-0.2, 0) is 6.42 Å². The Morgan fingerprint density at radius 3 is 2.50 bits per heavy atom. The topological polar surface area (TPSA) is 64.6 Å². The second kappa shape index (κ2) is 9.04. The van der Waals surface area contributed by atoms with Crippen molar-refractivity contribution in [3.63, 3.8) is 0 Å². The van der Waals surface area contributed by atoms with Gasteiger partial charge in [-0.25, -0.2) is 4.79 Å². The lowest BCUT2D eigenvalue weighted by Gasteiger charge is -2.41. The third kappa shape index (κ3) is 5.80. The number of aliphatic hydroxyl groups excluding tert-OH is 1. The maximum Gasteiger partial charge on any atom is 0.315 e. The lowest BCUT2D eigenvalue weighted by atomic mass is 9.98. The zero-order valence-corrected chi connectivity index (χ0v) is 14.9. The Morgan fingerprint density at radius 2 is 1.88 bits per heavy atom. The molecule has 1 unspecified atom stereocenters. The number of amides is 2. The molecule has 2 rings (SSSR count). The van der Waals surface area contributed by atoms with Crippen LogP contribution in [0.25, 0.3) is 0 Å². The fraction of sp³-hybridized carbons (Fsp3) is 0.632. The molecule has 134 valence electrons. The molecule has 1 aromatic carbocycles. The van der Waals surface area contributed by atoms with Crippen LogP contribution in [0.15, 0.2) is 30.3 Å². The number of hydrogen-bond acceptors (Lipinski definition) is 3. The number of urea groups is 1. The molecule has 0 radical (unpaired) electrons. The van der Waals surface area contributed by atoms with Gasteiger partial charge in [-0.3, -0.25) is 4.90 Å². The molecule has 2 amide bonds. The molecule has 5 heteroatoms. The second-order valence-electron chi connectivity index (χ2n) is 7.26. The molecule has 3 N–H and O–H groups in total. The van der Waals surface area contributed by atoms with Gasteiger partial charge in [0.1, 0.15) is 0 Å². The first kappa shape index (κ1) is 18.7. The summed E-state index contributed by atoms with van der Waals surface area (Å²) in [6.07, 6.45) is 4.40. The Hall–Kier alpha value is -1.59. The molecule has 1 aliphatic heterocycles. The van der Waals surface area contributed by atoms with Gasteiger partial charge in [0, 0.05) is 12.1 Å². The normalized spacial score (nSPS) is 17.3. The predicted molar refractivity (Wildman–Crippen MR) is 97.1 cm³/mol. The molecule has 1 aromatic rings. The summed E-state index contributed by atoms with van der Waals surface area (Å²) in [5.74, 6) is 0. The average molecular weight is 333 g/mol. The summed E-state index contributed by atoms with van der Waals surface area (Å²) in [5.41, 5.74) is 1.05. The molecule has 1 aliphatic rings. The summed E-state index contributed by atoms with van der Waals surface area (Å²) >= 11 is 0. The van der Waals surface area contributed by atoms with Crippen molar-refractivity contribution in [2.45, 2.75) is 51.1 Å². The van der Waals surface area contributed by atoms with Crippen molar-refractivity contribution in [2.75, 3.05) is 26.2 Å². The fourth-order valence-corrected chi connectivity index (χ4v) is 3.20. The van der Waals surface area contributed by atoms with Crippen molar-refractivity contribution in [3.05, 3.63) is 35.9 Å². The van der Waals surface area contributed by atoms with E-state index in [4.69, 9.17) is 0 Å². The van der Waals surface area contributed by atoms with Gasteiger partial charge in [-0.15, -0.1) is 0 Å². The van der Waals surface area contributed by atoms with Crippen molar-refractivity contribution in [2.24, 2.45) is 0 Å². The van der Waals surface area contributed by atoms with Crippen LogP contribution in [0.3, 0.4) is 0 Å². The summed E-state index contributed by atoms with van der Waals surface area (Å²) in [6, 6.07) is 9.40. The van der Waals surface area contributed by atoms with E-state index in [0.29, 0.717) is 13.0 Å². The first-order chi connectivity index (χ1) is 11.5. The average Bonchev–Trinajstić information content (AvgIpc) is 2.61. The van der Waals surface area contributed by atoms with Gasteiger partial charge in [0.25, 0.3) is 0 Å². The van der Waals surface area contributed by atoms with E-state index in [1.807, 2.05) is 30.3 Å². The zero-order chi connectivity index (χ0) is 17.4. The van der Waals surface area contributed by atoms with E-state index >= 15 is 0 Å². The number of nitrogens with zero attached hydrogens (tertiary/aromatic N) is 1. The number of nitrogens with one attached hydrogen (secondary N) is 2. The van der Waals surface area contributed by atoms with E-state index < -0.39 is 0 Å². The molecule has 0 aliphatic carbocycles. The van der Waals surface area contributed by atoms with Gasteiger partial charge < -0.3 is 15.7 Å². The van der Waals surface area contributed by atoms with Crippen LogP contribution in [0.2, 0.25) is 0 Å². The maximum atomic E-state index is 12.2. The van der Waals surface area contributed by atoms with Crippen molar-refractivity contribution in [1.82, 2.24) is 15.5 Å². The van der Waals surface area contributed by atoms with Crippen molar-refractivity contribution in [1.29, 1.82) is 0 Å². The van der Waals surface area contributed by atoms with E-state index in [9.17, 15) is 9.90 Å². The minimum absolute atomic E-state index is 0.0497. The number of piperidine rings is 1. The number of carbonyl (C=O) groups excluding carboxylic acids is 1. The van der Waals surface area contributed by atoms with Crippen LogP contribution in [0, 0.1) is 0 Å². The smallest absolute Gasteiger partial charge is 0.315 e. The maximum absolute atomic E-state index is 12.2. The first-order valence-corrected chi connectivity index (χ1v) is 8.95. The largest absolute Gasteiger partial charge is 0.394 e. The standard InChI is InChI=1S/C19H31N3O2/c1-19(2,22-11-7-4-8-12-22)15-20-18(24)21-17(14-23)13-16-9-5-3-6-10-16/h3,5-6,9-10,17,23H,4,7-8,11-15H2,1-2H3,(H2,20,21,24). The lowest BCUT2D eigenvalue weighted by Crippen LogP contribution is -2.55. The Kier molecular flexibility index (Phi) is 7.06. The van der Waals surface area contributed by atoms with Gasteiger partial charge in [-0.2, -0.15) is 0 Å². The SMILES string of the molecule is CC(C)(CNC(=O)NC(CO)Cc1ccccc1)N1CCCCC1. The number of likely N-dealkylation sites (tertiary alicyclic amines) is 1. The summed E-state index contributed by atoms with van der Waals surface area (Å²) < 4.78 is 0. The van der Waals surface area contributed by atoms with Crippen LogP contribution < -0.4 is 10.6 Å². The second-order valence-corrected chi connectivity index (χ2v) is 7.26. The monoisotopic (exact) mass is 333 g/mol. The number of rotatable bonds is 7. The van der Waals surface area contributed by atoms with Crippen LogP contribution in [-0.4, -0.2) is 53.9 Å². The summed E-state index contributed by atoms with van der Waals surface area (Å²) in [6.45, 7) is 7.07. The van der Waals surface area contributed by atoms with Gasteiger partial charge >= 0.3 is 6.03 Å². The van der Waals surface area contributed by atoms with E-state index in [1.54, 1.807) is 0 Å². The van der Waals surface area contributed by atoms with Crippen molar-refractivity contribution in [3.8, 4) is 0 Å². The van der Waals surface area contributed by atoms with Crippen molar-refractivity contribution >= 4 is 6.03 Å². The molecule has 1 fully saturated rings. The van der Waals surface area contributed by atoms with E-state index in [-0.39, 0.29) is 24.2 Å². The summed E-state index contributed by atoms with van der Waals surface area (Å²) in [7, 11) is 0. The lowest BCUT2D eigenvalue weighted by molar-refractivity contribution is 0.0957. The van der Waals surface area contributed by atoms with Gasteiger partial charge in [-0.1, -0.05) is 36.8 Å². The quantitative estimate of drug-likeness (QED) is 0.716. The summed E-state index contributed by atoms with van der Waals surface area (Å²) in [4.78, 5) is 14.6. The van der Waals surface area contributed by atoms with Gasteiger partial charge in [0.05, 0.1) is 12.6 Å². The predicted octanol–water partition coefficient (Wildman–Crippen LogP) is 2.15. The molecular formula is C19H31N3O2. The molecule has 0 bridgehead atoms. The van der Waals surface area contributed by atoms with Gasteiger partial charge in [-0.05, 0) is 51.8 Å². The molecular weight excluding hydrogens is 302 g/mol. The van der Waals surface area contributed by atoms with E-state index in [1.165, 1.54) is 19.3 Å². The highest BCUT2D eigenvalue weighted by Gasteiger charge is 2.28. The number of aliphatic hydroxyl groups is 1. The van der Waals surface area contributed by atoms with E-state index in [2.05, 4.69) is 29.4 Å². The van der Waals surface area contributed by atoms with Crippen LogP contribution in [0.4, 0.5) is 4.79 Å². The zero-order valence-electron chi connectivity index (χ0n) is 14.9. The molecule has 1 heterocycles. The number of hydrogen-bond donors (Lipinski definition) is 3. The highest BCUT2D eigenvalue weighted by Crippen LogP contribution is 2.19. The molecule has 0 saturated carbocycles. The van der Waals surface area contributed by atoms with Crippen LogP contribution in [0.1, 0.15) is 38.7 Å². The molecule has 1 saturated heterocycles. The molecule has 0 aromatic heterocycles. The minimum atomic E-state index is -0.273. The first-order valence-electron chi connectivity index (χ1n) is 8.95.